The predicted molar refractivity (Wildman–Crippen MR) is 71.6 cm³/mol. The normalized spacial score (nSPS) is 23.3. The molecule has 1 N–H and O–H groups in total. The monoisotopic (exact) mass is 324 g/mol. The van der Waals surface area contributed by atoms with Gasteiger partial charge >= 0.3 is 12.3 Å². The van der Waals surface area contributed by atoms with E-state index in [4.69, 9.17) is 0 Å². The predicted octanol–water partition coefficient (Wildman–Crippen LogP) is 3.25. The van der Waals surface area contributed by atoms with Crippen LogP contribution in [0.25, 0.3) is 0 Å². The summed E-state index contributed by atoms with van der Waals surface area (Å²) in [6.07, 6.45) is -3.39. The molecule has 0 bridgehead atoms. The van der Waals surface area contributed by atoms with Crippen LogP contribution in [-0.2, 0) is 4.79 Å². The molecule has 1 fully saturated rings. The van der Waals surface area contributed by atoms with Crippen molar-refractivity contribution in [2.45, 2.75) is 44.3 Å². The summed E-state index contributed by atoms with van der Waals surface area (Å²) in [4.78, 5) is 13.0. The number of thiophene rings is 1. The lowest BCUT2D eigenvalue weighted by Crippen LogP contribution is -2.44. The van der Waals surface area contributed by atoms with Gasteiger partial charge in [0.2, 0.25) is 5.91 Å². The van der Waals surface area contributed by atoms with Gasteiger partial charge in [-0.3, -0.25) is 10.1 Å². The summed E-state index contributed by atoms with van der Waals surface area (Å²) in [5.41, 5.74) is 0.636. The second-order valence-electron chi connectivity index (χ2n) is 5.00. The van der Waals surface area contributed by atoms with Crippen LogP contribution in [0.5, 0.6) is 0 Å². The Labute approximate surface area is 123 Å². The summed E-state index contributed by atoms with van der Waals surface area (Å²) in [6.45, 7) is 0.586. The quantitative estimate of drug-likeness (QED) is 0.815. The number of amides is 1. The largest absolute Gasteiger partial charge is 0.324 e. The molecule has 1 aliphatic heterocycles. The molecular formula is C13H16F4N2OS. The van der Waals surface area contributed by atoms with E-state index in [2.05, 4.69) is 5.32 Å². The molecule has 2 unspecified atom stereocenters. The molecule has 1 aromatic rings. The summed E-state index contributed by atoms with van der Waals surface area (Å²) >= 11 is 1.35. The fourth-order valence-corrected chi connectivity index (χ4v) is 3.03. The van der Waals surface area contributed by atoms with E-state index in [1.807, 2.05) is 6.92 Å². The van der Waals surface area contributed by atoms with Gasteiger partial charge in [0.25, 0.3) is 0 Å². The molecule has 21 heavy (non-hydrogen) atoms. The number of carbonyl (C=O) groups is 1. The highest BCUT2D eigenvalue weighted by Gasteiger charge is 2.49. The van der Waals surface area contributed by atoms with Gasteiger partial charge in [-0.05, 0) is 28.8 Å². The molecule has 0 spiro atoms. The SMILES string of the molecule is CCCC1NC(c2ccsc2)N(CC(F)(F)C(F)F)C1=O. The first-order valence-corrected chi connectivity index (χ1v) is 7.55. The fourth-order valence-electron chi connectivity index (χ4n) is 2.35. The molecule has 1 amide bonds. The topological polar surface area (TPSA) is 32.3 Å². The summed E-state index contributed by atoms with van der Waals surface area (Å²) in [5, 5.41) is 6.42. The maximum Gasteiger partial charge on any atom is 0.324 e. The van der Waals surface area contributed by atoms with Gasteiger partial charge in [-0.2, -0.15) is 20.1 Å². The van der Waals surface area contributed by atoms with Gasteiger partial charge in [-0.15, -0.1) is 0 Å². The average molecular weight is 324 g/mol. The molecule has 1 aliphatic rings. The van der Waals surface area contributed by atoms with Crippen molar-refractivity contribution >= 4 is 17.2 Å². The van der Waals surface area contributed by atoms with Gasteiger partial charge in [0.1, 0.15) is 6.17 Å². The van der Waals surface area contributed by atoms with E-state index in [0.717, 1.165) is 4.90 Å². The Hall–Kier alpha value is -1.15. The fraction of sp³-hybridized carbons (Fsp3) is 0.615. The van der Waals surface area contributed by atoms with Crippen molar-refractivity contribution in [2.24, 2.45) is 0 Å². The first-order chi connectivity index (χ1) is 9.86. The molecule has 118 valence electrons. The summed E-state index contributed by atoms with van der Waals surface area (Å²) in [5.74, 6) is -4.76. The van der Waals surface area contributed by atoms with Crippen LogP contribution < -0.4 is 5.32 Å². The molecule has 3 nitrogen and oxygen atoms in total. The van der Waals surface area contributed by atoms with Gasteiger partial charge in [-0.25, -0.2) is 8.78 Å². The van der Waals surface area contributed by atoms with Crippen LogP contribution in [0.3, 0.4) is 0 Å². The van der Waals surface area contributed by atoms with Crippen molar-refractivity contribution in [1.82, 2.24) is 10.2 Å². The van der Waals surface area contributed by atoms with E-state index < -0.39 is 37.0 Å². The Morgan fingerprint density at radius 1 is 1.48 bits per heavy atom. The second-order valence-corrected chi connectivity index (χ2v) is 5.78. The summed E-state index contributed by atoms with van der Waals surface area (Å²) in [7, 11) is 0. The van der Waals surface area contributed by atoms with Crippen molar-refractivity contribution in [3.05, 3.63) is 22.4 Å². The highest BCUT2D eigenvalue weighted by atomic mass is 32.1. The number of hydrogen-bond acceptors (Lipinski definition) is 3. The van der Waals surface area contributed by atoms with E-state index in [-0.39, 0.29) is 0 Å². The van der Waals surface area contributed by atoms with Gasteiger partial charge in [0, 0.05) is 0 Å². The lowest BCUT2D eigenvalue weighted by Gasteiger charge is -2.27. The van der Waals surface area contributed by atoms with Gasteiger partial charge in [0.05, 0.1) is 12.6 Å². The van der Waals surface area contributed by atoms with Crippen molar-refractivity contribution in [2.75, 3.05) is 6.54 Å². The molecule has 8 heteroatoms. The van der Waals surface area contributed by atoms with E-state index in [1.54, 1.807) is 16.8 Å². The van der Waals surface area contributed by atoms with Crippen molar-refractivity contribution in [3.63, 3.8) is 0 Å². The second kappa shape index (κ2) is 6.31. The van der Waals surface area contributed by atoms with Crippen LogP contribution in [0, 0.1) is 0 Å². The van der Waals surface area contributed by atoms with Crippen molar-refractivity contribution in [1.29, 1.82) is 0 Å². The zero-order valence-corrected chi connectivity index (χ0v) is 12.2. The number of carbonyl (C=O) groups excluding carboxylic acids is 1. The minimum atomic E-state index is -4.22. The van der Waals surface area contributed by atoms with Crippen molar-refractivity contribution < 1.29 is 22.4 Å². The highest BCUT2D eigenvalue weighted by Crippen LogP contribution is 2.33. The van der Waals surface area contributed by atoms with Crippen LogP contribution in [0.15, 0.2) is 16.8 Å². The molecule has 1 aromatic heterocycles. The third-order valence-electron chi connectivity index (χ3n) is 3.39. The van der Waals surface area contributed by atoms with Gasteiger partial charge in [0.15, 0.2) is 0 Å². The number of alkyl halides is 4. The highest BCUT2D eigenvalue weighted by molar-refractivity contribution is 7.07. The third-order valence-corrected chi connectivity index (χ3v) is 4.09. The Bertz CT molecular complexity index is 481. The van der Waals surface area contributed by atoms with E-state index in [1.165, 1.54) is 11.3 Å². The van der Waals surface area contributed by atoms with Crippen LogP contribution in [-0.4, -0.2) is 35.7 Å². The lowest BCUT2D eigenvalue weighted by molar-refractivity contribution is -0.157. The molecule has 0 aromatic carbocycles. The number of halogens is 4. The standard InChI is InChI=1S/C13H16F4N2OS/c1-2-3-9-11(20)19(7-13(16,17)12(14)15)10(18-9)8-4-5-21-6-8/h4-6,9-10,12,18H,2-3,7H2,1H3. The number of hydrogen-bond donors (Lipinski definition) is 1. The molecule has 2 atom stereocenters. The number of nitrogens with one attached hydrogen (secondary N) is 1. The van der Waals surface area contributed by atoms with Gasteiger partial charge in [-0.1, -0.05) is 13.3 Å². The van der Waals surface area contributed by atoms with E-state index in [9.17, 15) is 22.4 Å². The molecule has 0 aliphatic carbocycles. The maximum absolute atomic E-state index is 13.3. The smallest absolute Gasteiger partial charge is 0.315 e. The van der Waals surface area contributed by atoms with Crippen LogP contribution in [0.4, 0.5) is 17.6 Å². The Morgan fingerprint density at radius 3 is 2.71 bits per heavy atom. The molecule has 2 heterocycles. The zero-order chi connectivity index (χ0) is 15.6. The lowest BCUT2D eigenvalue weighted by atomic mass is 10.1. The molecule has 2 rings (SSSR count). The van der Waals surface area contributed by atoms with Crippen LogP contribution >= 0.6 is 11.3 Å². The van der Waals surface area contributed by atoms with E-state index in [0.29, 0.717) is 18.4 Å². The minimum Gasteiger partial charge on any atom is -0.315 e. The van der Waals surface area contributed by atoms with Gasteiger partial charge < -0.3 is 4.90 Å². The summed E-state index contributed by atoms with van der Waals surface area (Å²) < 4.78 is 51.5. The van der Waals surface area contributed by atoms with Crippen LogP contribution in [0.1, 0.15) is 31.5 Å². The third kappa shape index (κ3) is 3.37. The Morgan fingerprint density at radius 2 is 2.19 bits per heavy atom. The number of nitrogens with zero attached hydrogens (tertiary/aromatic N) is 1. The minimum absolute atomic E-state index is 0.482. The molecular weight excluding hydrogens is 308 g/mol. The summed E-state index contributed by atoms with van der Waals surface area (Å²) in [6, 6.07) is 1.09. The number of rotatable bonds is 6. The molecule has 1 saturated heterocycles. The van der Waals surface area contributed by atoms with E-state index >= 15 is 0 Å². The first-order valence-electron chi connectivity index (χ1n) is 6.61. The average Bonchev–Trinajstić information content (AvgIpc) is 3.02. The molecule has 0 radical (unpaired) electrons. The Balaban J connectivity index is 2.23. The first kappa shape index (κ1) is 16.2. The van der Waals surface area contributed by atoms with Crippen LogP contribution in [0.2, 0.25) is 0 Å². The molecule has 0 saturated carbocycles. The Kier molecular flexibility index (Phi) is 4.88. The maximum atomic E-state index is 13.3. The van der Waals surface area contributed by atoms with Crippen molar-refractivity contribution in [3.8, 4) is 0 Å². The zero-order valence-electron chi connectivity index (χ0n) is 11.4.